The van der Waals surface area contributed by atoms with Gasteiger partial charge in [0.1, 0.15) is 0 Å². The van der Waals surface area contributed by atoms with Gasteiger partial charge in [0.05, 0.1) is 0 Å². The third-order valence-electron chi connectivity index (χ3n) is 1.11. The van der Waals surface area contributed by atoms with Crippen LogP contribution in [0, 0.1) is 0 Å². The summed E-state index contributed by atoms with van der Waals surface area (Å²) in [6.07, 6.45) is 8.00. The molecular weight excluding hydrogens is 125 g/mol. The smallest absolute Gasteiger partial charge is 0.117 e. The van der Waals surface area contributed by atoms with Crippen LogP contribution in [-0.2, 0) is 0 Å². The maximum absolute atomic E-state index is 2.00. The average molecular weight is 133 g/mol. The van der Waals surface area contributed by atoms with Crippen LogP contribution in [0.5, 0.6) is 0 Å². The largest absolute Gasteiger partial charge is 0.171 e. The monoisotopic (exact) mass is 133 g/mol. The summed E-state index contributed by atoms with van der Waals surface area (Å²) >= 11 is 0. The molecular formula is C8H8B2Li. The quantitative estimate of drug-likeness (QED) is 0.433. The summed E-state index contributed by atoms with van der Waals surface area (Å²) < 4.78 is 0. The first-order valence-electron chi connectivity index (χ1n) is 3.33. The normalized spacial score (nSPS) is 14.5. The van der Waals surface area contributed by atoms with E-state index in [2.05, 4.69) is 0 Å². The van der Waals surface area contributed by atoms with E-state index in [0.717, 1.165) is 0 Å². The summed E-state index contributed by atoms with van der Waals surface area (Å²) in [4.78, 5) is 0. The molecule has 0 aliphatic carbocycles. The zero-order valence-electron chi connectivity index (χ0n) is 6.77. The molecule has 2 aliphatic rings. The Balaban J connectivity index is 0.000000167. The second-order valence-electron chi connectivity index (χ2n) is 1.92. The SMILES string of the molecule is [B]1C=CC=C1.[B]1C=CC=C1.[Li]. The first kappa shape index (κ1) is 10.7. The molecule has 0 saturated heterocycles. The van der Waals surface area contributed by atoms with Gasteiger partial charge in [-0.15, -0.1) is 23.9 Å². The fourth-order valence-electron chi connectivity index (χ4n) is 0.642. The summed E-state index contributed by atoms with van der Waals surface area (Å²) in [7, 11) is 4.00. The molecule has 3 radical (unpaired) electrons. The molecule has 0 atom stereocenters. The summed E-state index contributed by atoms with van der Waals surface area (Å²) in [6.45, 7) is 0. The summed E-state index contributed by atoms with van der Waals surface area (Å²) in [5, 5.41) is 0. The van der Waals surface area contributed by atoms with Crippen molar-refractivity contribution in [3.05, 3.63) is 48.2 Å². The molecule has 2 rings (SSSR count). The fourth-order valence-corrected chi connectivity index (χ4v) is 0.642. The molecule has 0 spiro atoms. The molecule has 0 aromatic heterocycles. The van der Waals surface area contributed by atoms with Crippen LogP contribution < -0.4 is 0 Å². The number of rotatable bonds is 0. The molecule has 0 saturated carbocycles. The Hall–Kier alpha value is -0.313. The zero-order chi connectivity index (χ0) is 7.07. The Kier molecular flexibility index (Phi) is 7.57. The molecule has 0 N–H and O–H groups in total. The van der Waals surface area contributed by atoms with Crippen molar-refractivity contribution >= 4 is 33.4 Å². The van der Waals surface area contributed by atoms with Crippen molar-refractivity contribution in [2.75, 3.05) is 0 Å². The Morgan fingerprint density at radius 1 is 0.545 bits per heavy atom. The molecule has 2 heterocycles. The Bertz CT molecular complexity index is 150. The third kappa shape index (κ3) is 6.10. The minimum atomic E-state index is 0. The van der Waals surface area contributed by atoms with E-state index in [4.69, 9.17) is 0 Å². The molecule has 0 fully saturated rings. The summed E-state index contributed by atoms with van der Waals surface area (Å²) in [5.41, 5.74) is 0. The molecule has 2 aliphatic heterocycles. The van der Waals surface area contributed by atoms with Crippen molar-refractivity contribution in [1.82, 2.24) is 0 Å². The van der Waals surface area contributed by atoms with E-state index in [1.807, 2.05) is 62.8 Å². The van der Waals surface area contributed by atoms with Gasteiger partial charge in [0.15, 0.2) is 14.6 Å². The molecule has 0 bridgehead atoms. The van der Waals surface area contributed by atoms with E-state index < -0.39 is 0 Å². The van der Waals surface area contributed by atoms with E-state index in [1.165, 1.54) is 0 Å². The predicted molar refractivity (Wildman–Crippen MR) is 53.8 cm³/mol. The van der Waals surface area contributed by atoms with Crippen molar-refractivity contribution in [1.29, 1.82) is 0 Å². The van der Waals surface area contributed by atoms with Crippen LogP contribution in [0.3, 0.4) is 0 Å². The van der Waals surface area contributed by atoms with Crippen molar-refractivity contribution in [2.45, 2.75) is 0 Å². The molecule has 47 valence electrons. The minimum Gasteiger partial charge on any atom is -0.117 e. The van der Waals surface area contributed by atoms with E-state index >= 15 is 0 Å². The van der Waals surface area contributed by atoms with Gasteiger partial charge in [0.2, 0.25) is 0 Å². The molecule has 0 aromatic carbocycles. The van der Waals surface area contributed by atoms with E-state index in [-0.39, 0.29) is 18.9 Å². The van der Waals surface area contributed by atoms with Crippen molar-refractivity contribution < 1.29 is 0 Å². The van der Waals surface area contributed by atoms with Crippen LogP contribution in [0.2, 0.25) is 0 Å². The Labute approximate surface area is 81.8 Å². The fraction of sp³-hybridized carbons (Fsp3) is 0. The molecule has 0 aromatic rings. The molecule has 11 heavy (non-hydrogen) atoms. The maximum atomic E-state index is 2.00. The standard InChI is InChI=1S/2C4H4B.Li/c2*1-2-4-5-3-1;/h2*1-4H;. The second-order valence-corrected chi connectivity index (χ2v) is 1.92. The van der Waals surface area contributed by atoms with Gasteiger partial charge in [-0.2, -0.15) is 0 Å². The summed E-state index contributed by atoms with van der Waals surface area (Å²) in [6, 6.07) is 0. The molecule has 0 nitrogen and oxygen atoms in total. The van der Waals surface area contributed by atoms with Gasteiger partial charge in [0.25, 0.3) is 0 Å². The number of hydrogen-bond donors (Lipinski definition) is 0. The first-order chi connectivity index (χ1) is 5.00. The van der Waals surface area contributed by atoms with Crippen molar-refractivity contribution in [3.8, 4) is 0 Å². The van der Waals surface area contributed by atoms with Gasteiger partial charge >= 0.3 is 0 Å². The van der Waals surface area contributed by atoms with E-state index in [0.29, 0.717) is 0 Å². The summed E-state index contributed by atoms with van der Waals surface area (Å²) in [5.74, 6) is 8.00. The minimum absolute atomic E-state index is 0. The predicted octanol–water partition coefficient (Wildman–Crippen LogP) is 1.08. The van der Waals surface area contributed by atoms with Gasteiger partial charge in [-0.25, -0.2) is 0 Å². The van der Waals surface area contributed by atoms with Crippen LogP contribution in [0.15, 0.2) is 48.2 Å². The van der Waals surface area contributed by atoms with Crippen molar-refractivity contribution in [3.63, 3.8) is 0 Å². The van der Waals surface area contributed by atoms with E-state index in [1.54, 1.807) is 0 Å². The third-order valence-corrected chi connectivity index (χ3v) is 1.11. The Morgan fingerprint density at radius 2 is 0.818 bits per heavy atom. The van der Waals surface area contributed by atoms with Gasteiger partial charge in [-0.1, -0.05) is 24.3 Å². The van der Waals surface area contributed by atoms with Gasteiger partial charge in [-0.3, -0.25) is 0 Å². The molecule has 0 unspecified atom stereocenters. The van der Waals surface area contributed by atoms with E-state index in [9.17, 15) is 0 Å². The van der Waals surface area contributed by atoms with Gasteiger partial charge in [0, 0.05) is 18.9 Å². The van der Waals surface area contributed by atoms with Crippen LogP contribution in [0.1, 0.15) is 0 Å². The van der Waals surface area contributed by atoms with Crippen molar-refractivity contribution in [2.24, 2.45) is 0 Å². The van der Waals surface area contributed by atoms with Crippen LogP contribution in [-0.4, -0.2) is 33.4 Å². The van der Waals surface area contributed by atoms with Crippen LogP contribution in [0.25, 0.3) is 0 Å². The molecule has 3 heteroatoms. The van der Waals surface area contributed by atoms with Crippen LogP contribution >= 0.6 is 0 Å². The number of allylic oxidation sites excluding steroid dienone is 4. The number of hydrogen-bond acceptors (Lipinski definition) is 0. The van der Waals surface area contributed by atoms with Crippen LogP contribution in [0.4, 0.5) is 0 Å². The van der Waals surface area contributed by atoms with Gasteiger partial charge < -0.3 is 0 Å². The second kappa shape index (κ2) is 7.79. The zero-order valence-corrected chi connectivity index (χ0v) is 6.77. The Morgan fingerprint density at radius 3 is 0.909 bits per heavy atom. The van der Waals surface area contributed by atoms with Gasteiger partial charge in [-0.05, 0) is 0 Å². The maximum Gasteiger partial charge on any atom is 0.171 e. The average Bonchev–Trinajstić information content (AvgIpc) is 2.67. The first-order valence-corrected chi connectivity index (χ1v) is 3.33. The molecule has 0 amide bonds. The topological polar surface area (TPSA) is 0 Å².